The second-order valence-corrected chi connectivity index (χ2v) is 5.87. The summed E-state index contributed by atoms with van der Waals surface area (Å²) in [6.45, 7) is 1.42. The van der Waals surface area contributed by atoms with Crippen LogP contribution >= 0.6 is 0 Å². The summed E-state index contributed by atoms with van der Waals surface area (Å²) in [6, 6.07) is 7.31. The van der Waals surface area contributed by atoms with Crippen LogP contribution in [0, 0.1) is 0 Å². The topological polar surface area (TPSA) is 71.3 Å². The molecular formula is C16H20N4O2. The normalized spacial score (nSPS) is 14.3. The molecule has 116 valence electrons. The van der Waals surface area contributed by atoms with Gasteiger partial charge in [-0.1, -0.05) is 17.3 Å². The molecule has 6 heteroatoms. The van der Waals surface area contributed by atoms with Crippen LogP contribution < -0.4 is 5.32 Å². The molecule has 0 atom stereocenters. The first-order chi connectivity index (χ1) is 10.6. The van der Waals surface area contributed by atoms with Gasteiger partial charge in [-0.25, -0.2) is 0 Å². The maximum atomic E-state index is 12.1. The van der Waals surface area contributed by atoms with Gasteiger partial charge < -0.3 is 14.7 Å². The summed E-state index contributed by atoms with van der Waals surface area (Å²) in [6.07, 6.45) is 2.24. The highest BCUT2D eigenvalue weighted by Crippen LogP contribution is 2.39. The molecule has 6 nitrogen and oxygen atoms in total. The molecule has 1 aliphatic carbocycles. The Balaban J connectivity index is 1.69. The number of carbonyl (C=O) groups excluding carboxylic acids is 1. The van der Waals surface area contributed by atoms with Crippen LogP contribution in [-0.4, -0.2) is 48.1 Å². The Bertz CT molecular complexity index is 662. The van der Waals surface area contributed by atoms with Gasteiger partial charge in [0.05, 0.1) is 0 Å². The summed E-state index contributed by atoms with van der Waals surface area (Å²) >= 11 is 0. The quantitative estimate of drug-likeness (QED) is 0.882. The van der Waals surface area contributed by atoms with Gasteiger partial charge >= 0.3 is 0 Å². The molecule has 0 saturated heterocycles. The fourth-order valence-corrected chi connectivity index (χ4v) is 2.14. The standard InChI is InChI=1S/C16H20N4O2/c1-20(2)9-8-17-15(21)13-5-3-4-12(10-13)14-18-16(22-19-14)11-6-7-11/h3-5,10-11H,6-9H2,1-2H3,(H,17,21). The van der Waals surface area contributed by atoms with E-state index in [0.717, 1.165) is 24.9 Å². The summed E-state index contributed by atoms with van der Waals surface area (Å²) < 4.78 is 5.27. The lowest BCUT2D eigenvalue weighted by Gasteiger charge is -2.10. The van der Waals surface area contributed by atoms with Gasteiger partial charge in [0.25, 0.3) is 5.91 Å². The van der Waals surface area contributed by atoms with E-state index < -0.39 is 0 Å². The maximum Gasteiger partial charge on any atom is 0.251 e. The summed E-state index contributed by atoms with van der Waals surface area (Å²) in [5, 5.41) is 6.91. The van der Waals surface area contributed by atoms with Crippen molar-refractivity contribution in [3.8, 4) is 11.4 Å². The Kier molecular flexibility index (Phi) is 4.20. The number of likely N-dealkylation sites (N-methyl/N-ethyl adjacent to an activating group) is 1. The van der Waals surface area contributed by atoms with E-state index in [9.17, 15) is 4.79 Å². The molecule has 0 bridgehead atoms. The third-order valence-electron chi connectivity index (χ3n) is 3.60. The fraction of sp³-hybridized carbons (Fsp3) is 0.438. The highest BCUT2D eigenvalue weighted by molar-refractivity contribution is 5.95. The van der Waals surface area contributed by atoms with Gasteiger partial charge in [-0.05, 0) is 39.1 Å². The molecule has 2 aromatic rings. The van der Waals surface area contributed by atoms with Crippen molar-refractivity contribution in [3.63, 3.8) is 0 Å². The number of nitrogens with one attached hydrogen (secondary N) is 1. The van der Waals surface area contributed by atoms with Crippen LogP contribution in [0.1, 0.15) is 35.0 Å². The van der Waals surface area contributed by atoms with Crippen molar-refractivity contribution in [2.24, 2.45) is 0 Å². The molecule has 1 fully saturated rings. The summed E-state index contributed by atoms with van der Waals surface area (Å²) in [4.78, 5) is 18.6. The van der Waals surface area contributed by atoms with Crippen LogP contribution in [0.25, 0.3) is 11.4 Å². The molecular weight excluding hydrogens is 280 g/mol. The van der Waals surface area contributed by atoms with E-state index in [1.807, 2.05) is 31.1 Å². The second kappa shape index (κ2) is 6.27. The lowest BCUT2D eigenvalue weighted by Crippen LogP contribution is -2.31. The van der Waals surface area contributed by atoms with Crippen LogP contribution in [0.4, 0.5) is 0 Å². The van der Waals surface area contributed by atoms with Crippen molar-refractivity contribution in [1.29, 1.82) is 0 Å². The van der Waals surface area contributed by atoms with E-state index in [-0.39, 0.29) is 5.91 Å². The predicted octanol–water partition coefficient (Wildman–Crippen LogP) is 1.91. The molecule has 1 saturated carbocycles. The van der Waals surface area contributed by atoms with Crippen LogP contribution in [0.2, 0.25) is 0 Å². The molecule has 1 aromatic heterocycles. The minimum Gasteiger partial charge on any atom is -0.351 e. The van der Waals surface area contributed by atoms with Crippen LogP contribution in [0.3, 0.4) is 0 Å². The Hall–Kier alpha value is -2.21. The third kappa shape index (κ3) is 3.51. The first-order valence-electron chi connectivity index (χ1n) is 7.50. The first-order valence-corrected chi connectivity index (χ1v) is 7.50. The lowest BCUT2D eigenvalue weighted by molar-refractivity contribution is 0.0951. The molecule has 0 aliphatic heterocycles. The number of hydrogen-bond donors (Lipinski definition) is 1. The number of aromatic nitrogens is 2. The van der Waals surface area contributed by atoms with E-state index in [2.05, 4.69) is 15.5 Å². The van der Waals surface area contributed by atoms with Crippen molar-refractivity contribution in [3.05, 3.63) is 35.7 Å². The number of amides is 1. The van der Waals surface area contributed by atoms with Crippen LogP contribution in [0.5, 0.6) is 0 Å². The predicted molar refractivity (Wildman–Crippen MR) is 82.6 cm³/mol. The number of benzene rings is 1. The molecule has 0 radical (unpaired) electrons. The second-order valence-electron chi connectivity index (χ2n) is 5.87. The van der Waals surface area contributed by atoms with Gasteiger partial charge in [0.2, 0.25) is 11.7 Å². The molecule has 1 amide bonds. The first kappa shape index (κ1) is 14.7. The van der Waals surface area contributed by atoms with Crippen molar-refractivity contribution < 1.29 is 9.32 Å². The van der Waals surface area contributed by atoms with Gasteiger partial charge in [0.15, 0.2) is 0 Å². The van der Waals surface area contributed by atoms with E-state index in [1.54, 1.807) is 12.1 Å². The maximum absolute atomic E-state index is 12.1. The monoisotopic (exact) mass is 300 g/mol. The summed E-state index contributed by atoms with van der Waals surface area (Å²) in [5.41, 5.74) is 1.41. The highest BCUT2D eigenvalue weighted by Gasteiger charge is 2.29. The Morgan fingerprint density at radius 3 is 2.95 bits per heavy atom. The van der Waals surface area contributed by atoms with E-state index in [1.165, 1.54) is 0 Å². The zero-order valence-corrected chi connectivity index (χ0v) is 12.9. The van der Waals surface area contributed by atoms with Crippen LogP contribution in [-0.2, 0) is 0 Å². The Labute approximate surface area is 129 Å². The zero-order chi connectivity index (χ0) is 15.5. The smallest absolute Gasteiger partial charge is 0.251 e. The Morgan fingerprint density at radius 2 is 2.23 bits per heavy atom. The van der Waals surface area contributed by atoms with E-state index in [0.29, 0.717) is 29.7 Å². The van der Waals surface area contributed by atoms with E-state index in [4.69, 9.17) is 4.52 Å². The summed E-state index contributed by atoms with van der Waals surface area (Å²) in [7, 11) is 3.95. The molecule has 22 heavy (non-hydrogen) atoms. The fourth-order valence-electron chi connectivity index (χ4n) is 2.14. The highest BCUT2D eigenvalue weighted by atomic mass is 16.5. The molecule has 1 aliphatic rings. The Morgan fingerprint density at radius 1 is 1.41 bits per heavy atom. The van der Waals surface area contributed by atoms with Crippen molar-refractivity contribution in [2.75, 3.05) is 27.2 Å². The number of nitrogens with zero attached hydrogens (tertiary/aromatic N) is 3. The van der Waals surface area contributed by atoms with Crippen molar-refractivity contribution >= 4 is 5.91 Å². The molecule has 3 rings (SSSR count). The minimum absolute atomic E-state index is 0.0883. The molecule has 1 heterocycles. The largest absolute Gasteiger partial charge is 0.351 e. The molecule has 1 aromatic carbocycles. The zero-order valence-electron chi connectivity index (χ0n) is 12.9. The number of rotatable bonds is 6. The molecule has 0 spiro atoms. The molecule has 0 unspecified atom stereocenters. The SMILES string of the molecule is CN(C)CCNC(=O)c1cccc(-c2noc(C3CC3)n2)c1. The lowest BCUT2D eigenvalue weighted by atomic mass is 10.1. The average Bonchev–Trinajstić information content (AvgIpc) is 3.24. The summed E-state index contributed by atoms with van der Waals surface area (Å²) in [5.74, 6) is 1.59. The van der Waals surface area contributed by atoms with Gasteiger partial charge in [0.1, 0.15) is 0 Å². The number of hydrogen-bond acceptors (Lipinski definition) is 5. The van der Waals surface area contributed by atoms with Crippen LogP contribution in [0.15, 0.2) is 28.8 Å². The van der Waals surface area contributed by atoms with Crippen molar-refractivity contribution in [2.45, 2.75) is 18.8 Å². The molecule has 1 N–H and O–H groups in total. The average molecular weight is 300 g/mol. The van der Waals surface area contributed by atoms with Gasteiger partial charge in [0, 0.05) is 30.1 Å². The van der Waals surface area contributed by atoms with Gasteiger partial charge in [-0.3, -0.25) is 4.79 Å². The number of carbonyl (C=O) groups is 1. The van der Waals surface area contributed by atoms with Gasteiger partial charge in [-0.2, -0.15) is 4.98 Å². The minimum atomic E-state index is -0.0883. The van der Waals surface area contributed by atoms with E-state index >= 15 is 0 Å². The third-order valence-corrected chi connectivity index (χ3v) is 3.60. The van der Waals surface area contributed by atoms with Crippen molar-refractivity contribution in [1.82, 2.24) is 20.4 Å². The van der Waals surface area contributed by atoms with Gasteiger partial charge in [-0.15, -0.1) is 0 Å².